The number of benzene rings is 1. The number of rotatable bonds is 2. The summed E-state index contributed by atoms with van der Waals surface area (Å²) in [5, 5.41) is 15.4. The average Bonchev–Trinajstić information content (AvgIpc) is 2.83. The molecule has 0 fully saturated rings. The Labute approximate surface area is 107 Å². The molecular weight excluding hydrogens is 246 g/mol. The van der Waals surface area contributed by atoms with Gasteiger partial charge in [-0.1, -0.05) is 18.2 Å². The molecular formula is C12H7N5S. The van der Waals surface area contributed by atoms with Gasteiger partial charge < -0.3 is 0 Å². The highest BCUT2D eigenvalue weighted by atomic mass is 32.2. The number of para-hydroxylation sites is 1. The second kappa shape index (κ2) is 4.47. The van der Waals surface area contributed by atoms with E-state index in [2.05, 4.69) is 15.1 Å². The Morgan fingerprint density at radius 1 is 1.17 bits per heavy atom. The van der Waals surface area contributed by atoms with Crippen LogP contribution < -0.4 is 0 Å². The first kappa shape index (κ1) is 10.7. The Morgan fingerprint density at radius 2 is 2.00 bits per heavy atom. The Kier molecular flexibility index (Phi) is 2.67. The van der Waals surface area contributed by atoms with Gasteiger partial charge in [-0.25, -0.2) is 14.6 Å². The van der Waals surface area contributed by atoms with Crippen LogP contribution in [0.3, 0.4) is 0 Å². The standard InChI is InChI=1S/C12H7N5S/c13-8-18-11-7-14-12-10(16-11)6-15-17(12)9-4-2-1-3-5-9/h1-7H. The molecule has 0 aliphatic heterocycles. The van der Waals surface area contributed by atoms with Crippen molar-refractivity contribution in [2.45, 2.75) is 5.03 Å². The van der Waals surface area contributed by atoms with Gasteiger partial charge in [0.05, 0.1) is 18.1 Å². The number of aromatic nitrogens is 4. The fraction of sp³-hybridized carbons (Fsp3) is 0. The van der Waals surface area contributed by atoms with Crippen molar-refractivity contribution in [2.24, 2.45) is 0 Å². The maximum Gasteiger partial charge on any atom is 0.181 e. The number of thioether (sulfide) groups is 1. The van der Waals surface area contributed by atoms with Gasteiger partial charge in [-0.15, -0.1) is 0 Å². The van der Waals surface area contributed by atoms with Crippen molar-refractivity contribution in [1.29, 1.82) is 5.26 Å². The zero-order valence-corrected chi connectivity index (χ0v) is 10.0. The van der Waals surface area contributed by atoms with Crippen LogP contribution in [0.15, 0.2) is 47.8 Å². The third-order valence-corrected chi connectivity index (χ3v) is 2.90. The summed E-state index contributed by atoms with van der Waals surface area (Å²) in [7, 11) is 0. The molecule has 3 rings (SSSR count). The summed E-state index contributed by atoms with van der Waals surface area (Å²) in [5.41, 5.74) is 2.30. The van der Waals surface area contributed by atoms with Crippen molar-refractivity contribution < 1.29 is 0 Å². The summed E-state index contributed by atoms with van der Waals surface area (Å²) in [6.45, 7) is 0. The number of hydrogen-bond acceptors (Lipinski definition) is 5. The molecule has 0 aliphatic rings. The number of nitrogens with zero attached hydrogens (tertiary/aromatic N) is 5. The minimum absolute atomic E-state index is 0.581. The average molecular weight is 253 g/mol. The Balaban J connectivity index is 2.14. The summed E-state index contributed by atoms with van der Waals surface area (Å²) >= 11 is 0.990. The molecule has 0 saturated carbocycles. The lowest BCUT2D eigenvalue weighted by Gasteiger charge is -2.01. The van der Waals surface area contributed by atoms with Crippen LogP contribution in [-0.2, 0) is 0 Å². The summed E-state index contributed by atoms with van der Waals surface area (Å²) in [4.78, 5) is 8.61. The highest BCUT2D eigenvalue weighted by Crippen LogP contribution is 2.18. The van der Waals surface area contributed by atoms with Crippen LogP contribution in [0.2, 0.25) is 0 Å². The van der Waals surface area contributed by atoms with Gasteiger partial charge in [0.25, 0.3) is 0 Å². The van der Waals surface area contributed by atoms with E-state index in [0.717, 1.165) is 17.4 Å². The van der Waals surface area contributed by atoms with E-state index in [1.165, 1.54) is 0 Å². The summed E-state index contributed by atoms with van der Waals surface area (Å²) in [5.74, 6) is 0. The maximum atomic E-state index is 8.60. The second-order valence-corrected chi connectivity index (χ2v) is 4.31. The number of hydrogen-bond donors (Lipinski definition) is 0. The smallest absolute Gasteiger partial charge is 0.181 e. The van der Waals surface area contributed by atoms with Gasteiger partial charge in [0, 0.05) is 11.8 Å². The second-order valence-electron chi connectivity index (χ2n) is 3.50. The molecule has 0 bridgehead atoms. The molecule has 0 radical (unpaired) electrons. The number of nitriles is 1. The lowest BCUT2D eigenvalue weighted by molar-refractivity contribution is 0.895. The minimum Gasteiger partial charge on any atom is -0.234 e. The number of fused-ring (bicyclic) bond motifs is 1. The Hall–Kier alpha value is -2.39. The van der Waals surface area contributed by atoms with Crippen LogP contribution in [-0.4, -0.2) is 19.7 Å². The van der Waals surface area contributed by atoms with Crippen molar-refractivity contribution in [1.82, 2.24) is 19.7 Å². The van der Waals surface area contributed by atoms with Crippen molar-refractivity contribution >= 4 is 22.9 Å². The molecule has 5 nitrogen and oxygen atoms in total. The largest absolute Gasteiger partial charge is 0.234 e. The summed E-state index contributed by atoms with van der Waals surface area (Å²) < 4.78 is 1.73. The lowest BCUT2D eigenvalue weighted by Crippen LogP contribution is -1.97. The zero-order valence-electron chi connectivity index (χ0n) is 9.19. The van der Waals surface area contributed by atoms with E-state index in [9.17, 15) is 0 Å². The van der Waals surface area contributed by atoms with Crippen molar-refractivity contribution in [3.8, 4) is 11.1 Å². The maximum absolute atomic E-state index is 8.60. The van der Waals surface area contributed by atoms with Crippen molar-refractivity contribution in [3.05, 3.63) is 42.7 Å². The minimum atomic E-state index is 0.581. The van der Waals surface area contributed by atoms with Gasteiger partial charge in [0.15, 0.2) is 5.65 Å². The van der Waals surface area contributed by atoms with Gasteiger partial charge in [-0.05, 0) is 12.1 Å². The highest BCUT2D eigenvalue weighted by molar-refractivity contribution is 8.03. The molecule has 2 aromatic heterocycles. The third kappa shape index (κ3) is 1.81. The van der Waals surface area contributed by atoms with E-state index in [1.807, 2.05) is 35.7 Å². The molecule has 1 aromatic carbocycles. The summed E-state index contributed by atoms with van der Waals surface area (Å²) in [6.07, 6.45) is 3.23. The van der Waals surface area contributed by atoms with Gasteiger partial charge in [-0.2, -0.15) is 10.4 Å². The quantitative estimate of drug-likeness (QED) is 0.518. The summed E-state index contributed by atoms with van der Waals surface area (Å²) in [6, 6.07) is 9.73. The van der Waals surface area contributed by atoms with E-state index >= 15 is 0 Å². The highest BCUT2D eigenvalue weighted by Gasteiger charge is 2.08. The van der Waals surface area contributed by atoms with Crippen LogP contribution in [0.25, 0.3) is 16.9 Å². The fourth-order valence-electron chi connectivity index (χ4n) is 1.65. The molecule has 6 heteroatoms. The molecule has 3 aromatic rings. The fourth-order valence-corrected chi connectivity index (χ4v) is 1.99. The molecule has 0 N–H and O–H groups in total. The number of thiocyanates is 1. The van der Waals surface area contributed by atoms with Gasteiger partial charge in [-0.3, -0.25) is 0 Å². The molecule has 2 heterocycles. The molecule has 0 spiro atoms. The predicted octanol–water partition coefficient (Wildman–Crippen LogP) is 2.39. The van der Waals surface area contributed by atoms with E-state index in [4.69, 9.17) is 5.26 Å². The van der Waals surface area contributed by atoms with Crippen molar-refractivity contribution in [3.63, 3.8) is 0 Å². The van der Waals surface area contributed by atoms with Crippen LogP contribution in [0.1, 0.15) is 0 Å². The van der Waals surface area contributed by atoms with Crippen molar-refractivity contribution in [2.75, 3.05) is 0 Å². The van der Waals surface area contributed by atoms with Gasteiger partial charge in [0.2, 0.25) is 0 Å². The lowest BCUT2D eigenvalue weighted by atomic mass is 10.3. The van der Waals surface area contributed by atoms with Crippen LogP contribution in [0, 0.1) is 10.7 Å². The topological polar surface area (TPSA) is 67.4 Å². The third-order valence-electron chi connectivity index (χ3n) is 2.40. The molecule has 86 valence electrons. The zero-order chi connectivity index (χ0) is 12.4. The van der Waals surface area contributed by atoms with Gasteiger partial charge in [0.1, 0.15) is 15.9 Å². The molecule has 0 saturated heterocycles. The van der Waals surface area contributed by atoms with Crippen LogP contribution in [0.5, 0.6) is 0 Å². The normalized spacial score (nSPS) is 10.4. The van der Waals surface area contributed by atoms with Gasteiger partial charge >= 0.3 is 0 Å². The molecule has 18 heavy (non-hydrogen) atoms. The van der Waals surface area contributed by atoms with E-state index < -0.39 is 0 Å². The Bertz CT molecular complexity index is 729. The van der Waals surface area contributed by atoms with E-state index in [0.29, 0.717) is 16.2 Å². The van der Waals surface area contributed by atoms with Crippen LogP contribution in [0.4, 0.5) is 0 Å². The molecule has 0 unspecified atom stereocenters. The molecule has 0 aliphatic carbocycles. The first-order valence-electron chi connectivity index (χ1n) is 5.20. The Morgan fingerprint density at radius 3 is 2.78 bits per heavy atom. The monoisotopic (exact) mass is 253 g/mol. The first-order chi connectivity index (χ1) is 8.88. The first-order valence-corrected chi connectivity index (χ1v) is 6.02. The van der Waals surface area contributed by atoms with Crippen LogP contribution >= 0.6 is 11.8 Å². The predicted molar refractivity (Wildman–Crippen MR) is 68.1 cm³/mol. The van der Waals surface area contributed by atoms with E-state index in [-0.39, 0.29) is 0 Å². The SMILES string of the molecule is N#CSc1cnc2c(cnn2-c2ccccc2)n1. The van der Waals surface area contributed by atoms with E-state index in [1.54, 1.807) is 17.1 Å². The molecule has 0 atom stereocenters. The molecule has 0 amide bonds.